The minimum atomic E-state index is -0.766. The Bertz CT molecular complexity index is 770. The van der Waals surface area contributed by atoms with Crippen molar-refractivity contribution < 1.29 is 9.59 Å². The number of hydrogen-bond acceptors (Lipinski definition) is 2. The summed E-state index contributed by atoms with van der Waals surface area (Å²) < 4.78 is 1.54. The van der Waals surface area contributed by atoms with Crippen LogP contribution in [0, 0.1) is 13.8 Å². The first-order valence-electron chi connectivity index (χ1n) is 7.38. The highest BCUT2D eigenvalue weighted by atomic mass is 79.9. The first kappa shape index (κ1) is 18.7. The predicted octanol–water partition coefficient (Wildman–Crippen LogP) is 3.65. The van der Waals surface area contributed by atoms with Gasteiger partial charge in [-0.2, -0.15) is 0 Å². The lowest BCUT2D eigenvalue weighted by molar-refractivity contribution is -0.119. The van der Waals surface area contributed by atoms with Crippen molar-refractivity contribution >= 4 is 43.7 Å². The lowest BCUT2D eigenvalue weighted by Gasteiger charge is -2.16. The number of halogens is 2. The van der Waals surface area contributed by atoms with Gasteiger partial charge in [-0.15, -0.1) is 0 Å². The lowest BCUT2D eigenvalue weighted by Crippen LogP contribution is -2.45. The zero-order valence-corrected chi connectivity index (χ0v) is 16.6. The Morgan fingerprint density at radius 2 is 1.67 bits per heavy atom. The summed E-state index contributed by atoms with van der Waals surface area (Å²) in [7, 11) is 0. The van der Waals surface area contributed by atoms with E-state index in [0.717, 1.165) is 20.1 Å². The quantitative estimate of drug-likeness (QED) is 0.725. The van der Waals surface area contributed by atoms with Crippen LogP contribution in [0.25, 0.3) is 0 Å². The number of carbonyl (C=O) groups is 2. The highest BCUT2D eigenvalue weighted by Gasteiger charge is 2.20. The monoisotopic (exact) mass is 452 g/mol. The number of hydrogen-bond donors (Lipinski definition) is 2. The largest absolute Gasteiger partial charge is 0.368 e. The van der Waals surface area contributed by atoms with E-state index in [1.165, 1.54) is 5.56 Å². The second-order valence-electron chi connectivity index (χ2n) is 5.71. The maximum atomic E-state index is 12.4. The van der Waals surface area contributed by atoms with E-state index in [1.807, 2.05) is 38.1 Å². The second kappa shape index (κ2) is 7.94. The molecule has 4 nitrogen and oxygen atoms in total. The molecule has 126 valence electrons. The van der Waals surface area contributed by atoms with Crippen LogP contribution in [0.5, 0.6) is 0 Å². The van der Waals surface area contributed by atoms with Gasteiger partial charge in [0.05, 0.1) is 0 Å². The summed E-state index contributed by atoms with van der Waals surface area (Å²) in [6.07, 6.45) is 0.358. The van der Waals surface area contributed by atoms with Crippen LogP contribution in [0.1, 0.15) is 27.0 Å². The van der Waals surface area contributed by atoms with Crippen LogP contribution in [-0.2, 0) is 11.2 Å². The van der Waals surface area contributed by atoms with Gasteiger partial charge in [0, 0.05) is 20.9 Å². The molecular formula is C18H18Br2N2O2. The molecule has 0 unspecified atom stereocenters. The van der Waals surface area contributed by atoms with E-state index in [-0.39, 0.29) is 5.91 Å². The third-order valence-electron chi connectivity index (χ3n) is 3.78. The van der Waals surface area contributed by atoms with Gasteiger partial charge in [-0.1, -0.05) is 50.1 Å². The summed E-state index contributed by atoms with van der Waals surface area (Å²) in [5.74, 6) is -0.903. The van der Waals surface area contributed by atoms with E-state index in [2.05, 4.69) is 37.2 Å². The molecule has 3 N–H and O–H groups in total. The molecule has 0 bridgehead atoms. The average Bonchev–Trinajstić information content (AvgIpc) is 2.49. The Kier molecular flexibility index (Phi) is 6.18. The van der Waals surface area contributed by atoms with Gasteiger partial charge >= 0.3 is 0 Å². The molecule has 0 saturated carbocycles. The van der Waals surface area contributed by atoms with Crippen molar-refractivity contribution in [2.75, 3.05) is 0 Å². The van der Waals surface area contributed by atoms with Gasteiger partial charge in [0.25, 0.3) is 5.91 Å². The number of rotatable bonds is 5. The first-order chi connectivity index (χ1) is 11.3. The van der Waals surface area contributed by atoms with Crippen LogP contribution in [0.4, 0.5) is 0 Å². The maximum Gasteiger partial charge on any atom is 0.252 e. The lowest BCUT2D eigenvalue weighted by atomic mass is 10.0. The molecule has 1 atom stereocenters. The van der Waals surface area contributed by atoms with E-state index in [4.69, 9.17) is 5.73 Å². The maximum absolute atomic E-state index is 12.4. The second-order valence-corrected chi connectivity index (χ2v) is 7.54. The topological polar surface area (TPSA) is 72.2 Å². The number of nitrogens with one attached hydrogen (secondary N) is 1. The van der Waals surface area contributed by atoms with Gasteiger partial charge < -0.3 is 11.1 Å². The number of primary amides is 1. The molecule has 0 aromatic heterocycles. The van der Waals surface area contributed by atoms with E-state index in [0.29, 0.717) is 12.0 Å². The molecule has 2 rings (SSSR count). The fraction of sp³-hybridized carbons (Fsp3) is 0.222. The van der Waals surface area contributed by atoms with Crippen LogP contribution in [0.15, 0.2) is 45.3 Å². The van der Waals surface area contributed by atoms with Crippen molar-refractivity contribution in [1.82, 2.24) is 5.32 Å². The van der Waals surface area contributed by atoms with Crippen molar-refractivity contribution in [3.63, 3.8) is 0 Å². The van der Waals surface area contributed by atoms with Gasteiger partial charge in [-0.25, -0.2) is 0 Å². The Morgan fingerprint density at radius 3 is 2.21 bits per heavy atom. The van der Waals surface area contributed by atoms with Crippen molar-refractivity contribution in [3.05, 3.63) is 67.6 Å². The first-order valence-corrected chi connectivity index (χ1v) is 8.97. The highest BCUT2D eigenvalue weighted by molar-refractivity contribution is 9.11. The van der Waals surface area contributed by atoms with E-state index in [1.54, 1.807) is 12.1 Å². The van der Waals surface area contributed by atoms with Crippen molar-refractivity contribution in [1.29, 1.82) is 0 Å². The summed E-state index contributed by atoms with van der Waals surface area (Å²) in [6.45, 7) is 4.04. The van der Waals surface area contributed by atoms with Gasteiger partial charge in [0.15, 0.2) is 0 Å². The fourth-order valence-corrected chi connectivity index (χ4v) is 3.61. The molecule has 0 heterocycles. The minimum Gasteiger partial charge on any atom is -0.368 e. The van der Waals surface area contributed by atoms with Crippen LogP contribution in [-0.4, -0.2) is 17.9 Å². The SMILES string of the molecule is Cc1ccc(C[C@H](NC(=O)c2cc(Br)cc(Br)c2)C(N)=O)cc1C. The van der Waals surface area contributed by atoms with Gasteiger partial charge in [0.1, 0.15) is 6.04 Å². The summed E-state index contributed by atoms with van der Waals surface area (Å²) in [4.78, 5) is 24.2. The van der Waals surface area contributed by atoms with Crippen LogP contribution in [0.2, 0.25) is 0 Å². The molecule has 6 heteroatoms. The summed E-state index contributed by atoms with van der Waals surface area (Å²) in [5.41, 5.74) is 9.18. The number of carbonyl (C=O) groups excluding carboxylic acids is 2. The van der Waals surface area contributed by atoms with Crippen molar-refractivity contribution in [2.45, 2.75) is 26.3 Å². The van der Waals surface area contributed by atoms with Gasteiger partial charge in [-0.3, -0.25) is 9.59 Å². The molecule has 2 amide bonds. The number of amides is 2. The fourth-order valence-electron chi connectivity index (χ4n) is 2.32. The number of nitrogens with two attached hydrogens (primary N) is 1. The zero-order chi connectivity index (χ0) is 17.9. The molecule has 0 aliphatic carbocycles. The number of benzene rings is 2. The van der Waals surface area contributed by atoms with Crippen LogP contribution >= 0.6 is 31.9 Å². The molecule has 2 aromatic rings. The minimum absolute atomic E-state index is 0.343. The normalized spacial score (nSPS) is 11.8. The molecule has 0 radical (unpaired) electrons. The molecule has 0 saturated heterocycles. The van der Waals surface area contributed by atoms with E-state index in [9.17, 15) is 9.59 Å². The third kappa shape index (κ3) is 4.92. The van der Waals surface area contributed by atoms with E-state index < -0.39 is 11.9 Å². The molecule has 0 spiro atoms. The van der Waals surface area contributed by atoms with Gasteiger partial charge in [0.2, 0.25) is 5.91 Å². The molecule has 0 aliphatic rings. The van der Waals surface area contributed by atoms with Crippen LogP contribution in [0.3, 0.4) is 0 Å². The molecule has 24 heavy (non-hydrogen) atoms. The Hall–Kier alpha value is -1.66. The molecule has 0 aliphatic heterocycles. The zero-order valence-electron chi connectivity index (χ0n) is 13.4. The third-order valence-corrected chi connectivity index (χ3v) is 4.70. The predicted molar refractivity (Wildman–Crippen MR) is 102 cm³/mol. The van der Waals surface area contributed by atoms with E-state index >= 15 is 0 Å². The summed E-state index contributed by atoms with van der Waals surface area (Å²) >= 11 is 6.69. The molecule has 0 fully saturated rings. The van der Waals surface area contributed by atoms with Crippen molar-refractivity contribution in [2.24, 2.45) is 5.73 Å². The van der Waals surface area contributed by atoms with Gasteiger partial charge in [-0.05, 0) is 48.7 Å². The summed E-state index contributed by atoms with van der Waals surface area (Å²) in [6, 6.07) is 10.4. The Balaban J connectivity index is 2.17. The van der Waals surface area contributed by atoms with Crippen LogP contribution < -0.4 is 11.1 Å². The molecule has 2 aromatic carbocycles. The highest BCUT2D eigenvalue weighted by Crippen LogP contribution is 2.20. The Labute approximate surface area is 158 Å². The smallest absolute Gasteiger partial charge is 0.252 e. The molecular weight excluding hydrogens is 436 g/mol. The number of aryl methyl sites for hydroxylation is 2. The average molecular weight is 454 g/mol. The van der Waals surface area contributed by atoms with Crippen molar-refractivity contribution in [3.8, 4) is 0 Å². The summed E-state index contributed by atoms with van der Waals surface area (Å²) in [5, 5.41) is 2.71. The Morgan fingerprint density at radius 1 is 1.04 bits per heavy atom. The standard InChI is InChI=1S/C18H18Br2N2O2/c1-10-3-4-12(5-11(10)2)6-16(17(21)23)22-18(24)13-7-14(19)9-15(20)8-13/h3-5,7-9,16H,6H2,1-2H3,(H2,21,23)(H,22,24)/t16-/m0/s1.